The van der Waals surface area contributed by atoms with Crippen LogP contribution in [-0.4, -0.2) is 6.04 Å². The van der Waals surface area contributed by atoms with E-state index in [9.17, 15) is 0 Å². The number of nitrogens with two attached hydrogens (primary N) is 2. The first kappa shape index (κ1) is 7.61. The molecule has 58 valence electrons. The van der Waals surface area contributed by atoms with Gasteiger partial charge in [0.1, 0.15) is 0 Å². The highest BCUT2D eigenvalue weighted by Gasteiger charge is 2.24. The normalized spacial score (nSPS) is 41.1. The predicted molar refractivity (Wildman–Crippen MR) is 43.2 cm³/mol. The molecule has 0 aromatic carbocycles. The Kier molecular flexibility index (Phi) is 2.00. The van der Waals surface area contributed by atoms with Crippen LogP contribution in [0.25, 0.3) is 0 Å². The van der Waals surface area contributed by atoms with Gasteiger partial charge in [0.05, 0.1) is 0 Å². The molecule has 0 saturated carbocycles. The summed E-state index contributed by atoms with van der Waals surface area (Å²) in [6.07, 6.45) is 2.99. The molecule has 1 rings (SSSR count). The Hall–Kier alpha value is -0.500. The topological polar surface area (TPSA) is 52.0 Å². The molecule has 0 amide bonds. The van der Waals surface area contributed by atoms with Crippen molar-refractivity contribution in [1.29, 1.82) is 0 Å². The molecule has 1 aliphatic rings. The lowest BCUT2D eigenvalue weighted by atomic mass is 9.81. The maximum absolute atomic E-state index is 5.83. The summed E-state index contributed by atoms with van der Waals surface area (Å²) in [6, 6.07) is 0.308. The lowest BCUT2D eigenvalue weighted by Gasteiger charge is -2.30. The Morgan fingerprint density at radius 1 is 1.50 bits per heavy atom. The maximum Gasteiger partial charge on any atom is 0.0106 e. The number of hydrogen-bond donors (Lipinski definition) is 2. The van der Waals surface area contributed by atoms with Crippen molar-refractivity contribution in [3.05, 3.63) is 11.8 Å². The van der Waals surface area contributed by atoms with Gasteiger partial charge in [-0.3, -0.25) is 0 Å². The Morgan fingerprint density at radius 2 is 2.10 bits per heavy atom. The predicted octanol–water partition coefficient (Wildman–Crippen LogP) is 0.832. The third kappa shape index (κ3) is 1.16. The van der Waals surface area contributed by atoms with Crippen LogP contribution in [0.1, 0.15) is 20.3 Å². The number of allylic oxidation sites excluding steroid dienone is 1. The van der Waals surface area contributed by atoms with Crippen molar-refractivity contribution >= 4 is 0 Å². The standard InChI is InChI=1S/C8H16N2/c1-5-6(2)8(10)4-3-7(5)9/h3,5-6,8H,4,9-10H2,1-2H3/t5-,6?,8?/m0/s1. The lowest BCUT2D eigenvalue weighted by molar-refractivity contribution is 0.340. The summed E-state index contributed by atoms with van der Waals surface area (Å²) >= 11 is 0. The fourth-order valence-electron chi connectivity index (χ4n) is 1.35. The van der Waals surface area contributed by atoms with Gasteiger partial charge in [0.15, 0.2) is 0 Å². The number of rotatable bonds is 0. The van der Waals surface area contributed by atoms with Crippen LogP contribution in [-0.2, 0) is 0 Å². The van der Waals surface area contributed by atoms with Crippen LogP contribution in [0.15, 0.2) is 11.8 Å². The van der Waals surface area contributed by atoms with Gasteiger partial charge in [-0.15, -0.1) is 0 Å². The van der Waals surface area contributed by atoms with Gasteiger partial charge in [-0.1, -0.05) is 19.9 Å². The highest BCUT2D eigenvalue weighted by atomic mass is 14.7. The van der Waals surface area contributed by atoms with Gasteiger partial charge in [0.25, 0.3) is 0 Å². The third-order valence-corrected chi connectivity index (χ3v) is 2.62. The van der Waals surface area contributed by atoms with Crippen molar-refractivity contribution < 1.29 is 0 Å². The zero-order valence-corrected chi connectivity index (χ0v) is 6.67. The van der Waals surface area contributed by atoms with E-state index in [2.05, 4.69) is 19.9 Å². The second kappa shape index (κ2) is 2.62. The van der Waals surface area contributed by atoms with E-state index in [1.807, 2.05) is 0 Å². The second-order valence-corrected chi connectivity index (χ2v) is 3.25. The minimum atomic E-state index is 0.308. The van der Waals surface area contributed by atoms with Crippen LogP contribution in [0, 0.1) is 11.8 Å². The van der Waals surface area contributed by atoms with Crippen LogP contribution < -0.4 is 11.5 Å². The van der Waals surface area contributed by atoms with Crippen molar-refractivity contribution in [2.75, 3.05) is 0 Å². The van der Waals surface area contributed by atoms with Gasteiger partial charge >= 0.3 is 0 Å². The summed E-state index contributed by atoms with van der Waals surface area (Å²) in [5.41, 5.74) is 12.6. The van der Waals surface area contributed by atoms with E-state index < -0.39 is 0 Å². The molecule has 3 atom stereocenters. The molecule has 0 bridgehead atoms. The number of hydrogen-bond acceptors (Lipinski definition) is 2. The van der Waals surface area contributed by atoms with E-state index in [1.54, 1.807) is 0 Å². The molecule has 0 heterocycles. The van der Waals surface area contributed by atoms with E-state index in [4.69, 9.17) is 11.5 Å². The summed E-state index contributed by atoms with van der Waals surface area (Å²) < 4.78 is 0. The third-order valence-electron chi connectivity index (χ3n) is 2.62. The Morgan fingerprint density at radius 3 is 2.60 bits per heavy atom. The average Bonchev–Trinajstić information content (AvgIpc) is 1.93. The molecule has 0 fully saturated rings. The van der Waals surface area contributed by atoms with Gasteiger partial charge < -0.3 is 11.5 Å². The summed E-state index contributed by atoms with van der Waals surface area (Å²) in [4.78, 5) is 0. The van der Waals surface area contributed by atoms with Gasteiger partial charge in [-0.05, 0) is 18.3 Å². The molecule has 0 spiro atoms. The molecular weight excluding hydrogens is 124 g/mol. The molecule has 0 saturated heterocycles. The van der Waals surface area contributed by atoms with E-state index in [0.29, 0.717) is 17.9 Å². The minimum Gasteiger partial charge on any atom is -0.402 e. The first-order valence-corrected chi connectivity index (χ1v) is 3.84. The van der Waals surface area contributed by atoms with Crippen LogP contribution in [0.5, 0.6) is 0 Å². The fourth-order valence-corrected chi connectivity index (χ4v) is 1.35. The molecular formula is C8H16N2. The van der Waals surface area contributed by atoms with Crippen molar-refractivity contribution in [2.45, 2.75) is 26.3 Å². The van der Waals surface area contributed by atoms with Crippen molar-refractivity contribution in [3.63, 3.8) is 0 Å². The van der Waals surface area contributed by atoms with E-state index in [-0.39, 0.29) is 0 Å². The zero-order valence-electron chi connectivity index (χ0n) is 6.67. The van der Waals surface area contributed by atoms with Crippen LogP contribution in [0.4, 0.5) is 0 Å². The van der Waals surface area contributed by atoms with Crippen molar-refractivity contribution in [3.8, 4) is 0 Å². The van der Waals surface area contributed by atoms with E-state index >= 15 is 0 Å². The second-order valence-electron chi connectivity index (χ2n) is 3.25. The molecule has 10 heavy (non-hydrogen) atoms. The van der Waals surface area contributed by atoms with Gasteiger partial charge in [0.2, 0.25) is 0 Å². The molecule has 0 aromatic heterocycles. The van der Waals surface area contributed by atoms with Gasteiger partial charge in [-0.25, -0.2) is 0 Å². The molecule has 2 unspecified atom stereocenters. The SMILES string of the molecule is CC1C(N)CC=C(N)[C@H]1C. The molecule has 2 heteroatoms. The van der Waals surface area contributed by atoms with E-state index in [0.717, 1.165) is 12.1 Å². The summed E-state index contributed by atoms with van der Waals surface area (Å²) in [7, 11) is 0. The summed E-state index contributed by atoms with van der Waals surface area (Å²) in [5.74, 6) is 0.994. The summed E-state index contributed by atoms with van der Waals surface area (Å²) in [5, 5.41) is 0. The highest BCUT2D eigenvalue weighted by molar-refractivity contribution is 5.09. The van der Waals surface area contributed by atoms with Gasteiger partial charge in [-0.2, -0.15) is 0 Å². The minimum absolute atomic E-state index is 0.308. The van der Waals surface area contributed by atoms with Crippen LogP contribution in [0.2, 0.25) is 0 Å². The molecule has 0 aromatic rings. The lowest BCUT2D eigenvalue weighted by Crippen LogP contribution is -2.37. The monoisotopic (exact) mass is 140 g/mol. The quantitative estimate of drug-likeness (QED) is 0.523. The Balaban J connectivity index is 2.71. The molecule has 0 aliphatic heterocycles. The maximum atomic E-state index is 5.83. The largest absolute Gasteiger partial charge is 0.402 e. The average molecular weight is 140 g/mol. The molecule has 2 nitrogen and oxygen atoms in total. The zero-order chi connectivity index (χ0) is 7.72. The van der Waals surface area contributed by atoms with Crippen molar-refractivity contribution in [1.82, 2.24) is 0 Å². The molecule has 4 N–H and O–H groups in total. The first-order chi connectivity index (χ1) is 4.63. The van der Waals surface area contributed by atoms with Crippen molar-refractivity contribution in [2.24, 2.45) is 23.3 Å². The molecule has 0 radical (unpaired) electrons. The first-order valence-electron chi connectivity index (χ1n) is 3.84. The smallest absolute Gasteiger partial charge is 0.0106 e. The molecule has 1 aliphatic carbocycles. The van der Waals surface area contributed by atoms with E-state index in [1.165, 1.54) is 0 Å². The van der Waals surface area contributed by atoms with Gasteiger partial charge in [0, 0.05) is 11.7 Å². The fraction of sp³-hybridized carbons (Fsp3) is 0.750. The Bertz CT molecular complexity index is 151. The summed E-state index contributed by atoms with van der Waals surface area (Å²) in [6.45, 7) is 4.30. The Labute approximate surface area is 62.3 Å². The highest BCUT2D eigenvalue weighted by Crippen LogP contribution is 2.25. The van der Waals surface area contributed by atoms with Crippen LogP contribution in [0.3, 0.4) is 0 Å². The van der Waals surface area contributed by atoms with Crippen LogP contribution >= 0.6 is 0 Å².